The Balaban J connectivity index is 0.00000128. The smallest absolute Gasteiger partial charge is 0.224 e. The van der Waals surface area contributed by atoms with Crippen molar-refractivity contribution in [3.05, 3.63) is 22.4 Å². The maximum Gasteiger partial charge on any atom is 0.224 e. The lowest BCUT2D eigenvalue weighted by Crippen LogP contribution is -2.33. The molecule has 5 heteroatoms. The molecule has 0 saturated carbocycles. The van der Waals surface area contributed by atoms with Crippen molar-refractivity contribution >= 4 is 29.7 Å². The monoisotopic (exact) mass is 260 g/mol. The number of amides is 1. The molecule has 16 heavy (non-hydrogen) atoms. The lowest BCUT2D eigenvalue weighted by atomic mass is 10.1. The van der Waals surface area contributed by atoms with Gasteiger partial charge in [0.05, 0.1) is 5.92 Å². The van der Waals surface area contributed by atoms with E-state index in [1.54, 1.807) is 11.3 Å². The maximum absolute atomic E-state index is 11.6. The zero-order valence-corrected chi connectivity index (χ0v) is 10.7. The van der Waals surface area contributed by atoms with Gasteiger partial charge in [0.1, 0.15) is 0 Å². The Labute approximate surface area is 106 Å². The van der Waals surface area contributed by atoms with E-state index in [1.165, 1.54) is 5.56 Å². The van der Waals surface area contributed by atoms with Gasteiger partial charge in [-0.2, -0.15) is 11.3 Å². The van der Waals surface area contributed by atoms with E-state index in [0.717, 1.165) is 32.5 Å². The predicted molar refractivity (Wildman–Crippen MR) is 69.3 cm³/mol. The first-order chi connectivity index (χ1) is 7.36. The van der Waals surface area contributed by atoms with Crippen molar-refractivity contribution in [1.82, 2.24) is 10.6 Å². The lowest BCUT2D eigenvalue weighted by Gasteiger charge is -2.08. The molecule has 2 N–H and O–H groups in total. The van der Waals surface area contributed by atoms with Gasteiger partial charge in [0.15, 0.2) is 0 Å². The van der Waals surface area contributed by atoms with E-state index < -0.39 is 0 Å². The van der Waals surface area contributed by atoms with Crippen LogP contribution in [0.1, 0.15) is 12.0 Å². The number of carbonyl (C=O) groups is 1. The van der Waals surface area contributed by atoms with Gasteiger partial charge in [-0.1, -0.05) is 0 Å². The Morgan fingerprint density at radius 2 is 2.50 bits per heavy atom. The molecule has 0 aromatic carbocycles. The summed E-state index contributed by atoms with van der Waals surface area (Å²) in [5.74, 6) is 0.391. The summed E-state index contributed by atoms with van der Waals surface area (Å²) < 4.78 is 0. The fourth-order valence-corrected chi connectivity index (χ4v) is 2.49. The Morgan fingerprint density at radius 3 is 3.12 bits per heavy atom. The fourth-order valence-electron chi connectivity index (χ4n) is 1.79. The third-order valence-electron chi connectivity index (χ3n) is 2.72. The molecule has 0 spiro atoms. The Kier molecular flexibility index (Phi) is 5.80. The van der Waals surface area contributed by atoms with Gasteiger partial charge in [-0.05, 0) is 41.8 Å². The van der Waals surface area contributed by atoms with Gasteiger partial charge in [-0.25, -0.2) is 0 Å². The molecule has 1 amide bonds. The molecule has 1 aromatic heterocycles. The van der Waals surface area contributed by atoms with Gasteiger partial charge >= 0.3 is 0 Å². The zero-order chi connectivity index (χ0) is 10.5. The molecule has 1 saturated heterocycles. The second-order valence-corrected chi connectivity index (χ2v) is 4.64. The SMILES string of the molecule is Cl.O=C(NCCc1ccsc1)[C@@H]1CCNC1. The van der Waals surface area contributed by atoms with Crippen molar-refractivity contribution < 1.29 is 4.79 Å². The summed E-state index contributed by atoms with van der Waals surface area (Å²) in [5.41, 5.74) is 1.31. The number of carbonyl (C=O) groups excluding carboxylic acids is 1. The molecule has 0 aliphatic carbocycles. The highest BCUT2D eigenvalue weighted by molar-refractivity contribution is 7.07. The topological polar surface area (TPSA) is 41.1 Å². The van der Waals surface area contributed by atoms with Crippen LogP contribution in [0, 0.1) is 5.92 Å². The molecule has 2 heterocycles. The average molecular weight is 261 g/mol. The highest BCUT2D eigenvalue weighted by Crippen LogP contribution is 2.08. The maximum atomic E-state index is 11.6. The third-order valence-corrected chi connectivity index (χ3v) is 3.46. The van der Waals surface area contributed by atoms with E-state index in [2.05, 4.69) is 27.5 Å². The molecule has 1 fully saturated rings. The minimum Gasteiger partial charge on any atom is -0.355 e. The van der Waals surface area contributed by atoms with Crippen LogP contribution in [-0.2, 0) is 11.2 Å². The van der Waals surface area contributed by atoms with Gasteiger partial charge < -0.3 is 10.6 Å². The van der Waals surface area contributed by atoms with Crippen molar-refractivity contribution in [2.24, 2.45) is 5.92 Å². The number of thiophene rings is 1. The quantitative estimate of drug-likeness (QED) is 0.860. The van der Waals surface area contributed by atoms with Crippen molar-refractivity contribution in [3.8, 4) is 0 Å². The Bertz CT molecular complexity index is 310. The highest BCUT2D eigenvalue weighted by Gasteiger charge is 2.21. The van der Waals surface area contributed by atoms with Crippen molar-refractivity contribution in [1.29, 1.82) is 0 Å². The summed E-state index contributed by atoms with van der Waals surface area (Å²) in [6.45, 7) is 2.57. The summed E-state index contributed by atoms with van der Waals surface area (Å²) in [7, 11) is 0. The van der Waals surface area contributed by atoms with Crippen LogP contribution >= 0.6 is 23.7 Å². The van der Waals surface area contributed by atoms with Gasteiger partial charge in [0.25, 0.3) is 0 Å². The van der Waals surface area contributed by atoms with E-state index in [9.17, 15) is 4.79 Å². The molecule has 1 aliphatic rings. The first-order valence-corrected chi connectivity index (χ1v) is 6.30. The summed E-state index contributed by atoms with van der Waals surface area (Å²) in [6.07, 6.45) is 1.92. The highest BCUT2D eigenvalue weighted by atomic mass is 35.5. The number of halogens is 1. The number of hydrogen-bond acceptors (Lipinski definition) is 3. The van der Waals surface area contributed by atoms with E-state index in [1.807, 2.05) is 0 Å². The van der Waals surface area contributed by atoms with Gasteiger partial charge in [0.2, 0.25) is 5.91 Å². The fraction of sp³-hybridized carbons (Fsp3) is 0.545. The Morgan fingerprint density at radius 1 is 1.62 bits per heavy atom. The van der Waals surface area contributed by atoms with Crippen LogP contribution in [0.3, 0.4) is 0 Å². The van der Waals surface area contributed by atoms with Gasteiger partial charge in [-0.3, -0.25) is 4.79 Å². The largest absolute Gasteiger partial charge is 0.355 e. The predicted octanol–water partition coefficient (Wildman–Crippen LogP) is 1.44. The van der Waals surface area contributed by atoms with E-state index >= 15 is 0 Å². The molecule has 0 radical (unpaired) electrons. The number of rotatable bonds is 4. The van der Waals surface area contributed by atoms with Crippen LogP contribution in [0.15, 0.2) is 16.8 Å². The average Bonchev–Trinajstić information content (AvgIpc) is 2.90. The third kappa shape index (κ3) is 3.77. The molecule has 1 aliphatic heterocycles. The first-order valence-electron chi connectivity index (χ1n) is 5.36. The van der Waals surface area contributed by atoms with Crippen LogP contribution in [0.5, 0.6) is 0 Å². The van der Waals surface area contributed by atoms with Crippen LogP contribution in [-0.4, -0.2) is 25.5 Å². The minimum absolute atomic E-state index is 0. The number of hydrogen-bond donors (Lipinski definition) is 2. The molecule has 2 rings (SSSR count). The van der Waals surface area contributed by atoms with Crippen LogP contribution in [0.2, 0.25) is 0 Å². The summed E-state index contributed by atoms with van der Waals surface area (Å²) in [6, 6.07) is 2.11. The minimum atomic E-state index is 0. The standard InChI is InChI=1S/C11H16N2OS.ClH/c14-11(10-2-4-12-7-10)13-5-1-9-3-6-15-8-9;/h3,6,8,10,12H,1-2,4-5,7H2,(H,13,14);1H/t10-;/m1./s1. The van der Waals surface area contributed by atoms with Gasteiger partial charge in [0, 0.05) is 13.1 Å². The van der Waals surface area contributed by atoms with Crippen LogP contribution < -0.4 is 10.6 Å². The van der Waals surface area contributed by atoms with Crippen molar-refractivity contribution in [3.63, 3.8) is 0 Å². The molecule has 1 atom stereocenters. The molecule has 90 valence electrons. The summed E-state index contributed by atoms with van der Waals surface area (Å²) in [5, 5.41) is 10.4. The normalized spacial score (nSPS) is 19.1. The number of nitrogens with one attached hydrogen (secondary N) is 2. The van der Waals surface area contributed by atoms with Crippen LogP contribution in [0.4, 0.5) is 0 Å². The lowest BCUT2D eigenvalue weighted by molar-refractivity contribution is -0.124. The molecule has 0 unspecified atom stereocenters. The second kappa shape index (κ2) is 6.89. The van der Waals surface area contributed by atoms with Crippen molar-refractivity contribution in [2.45, 2.75) is 12.8 Å². The van der Waals surface area contributed by atoms with E-state index in [-0.39, 0.29) is 24.2 Å². The molecular weight excluding hydrogens is 244 g/mol. The summed E-state index contributed by atoms with van der Waals surface area (Å²) >= 11 is 1.70. The zero-order valence-electron chi connectivity index (χ0n) is 9.07. The molecule has 3 nitrogen and oxygen atoms in total. The molecule has 1 aromatic rings. The second-order valence-electron chi connectivity index (χ2n) is 3.86. The summed E-state index contributed by atoms with van der Waals surface area (Å²) in [4.78, 5) is 11.6. The first kappa shape index (κ1) is 13.5. The van der Waals surface area contributed by atoms with E-state index in [4.69, 9.17) is 0 Å². The van der Waals surface area contributed by atoms with E-state index in [0.29, 0.717) is 0 Å². The molecular formula is C11H17ClN2OS. The van der Waals surface area contributed by atoms with Crippen LogP contribution in [0.25, 0.3) is 0 Å². The van der Waals surface area contributed by atoms with Gasteiger partial charge in [-0.15, -0.1) is 12.4 Å². The molecule has 0 bridgehead atoms. The Hall–Kier alpha value is -0.580. The van der Waals surface area contributed by atoms with Crippen molar-refractivity contribution in [2.75, 3.05) is 19.6 Å².